The molecule has 144 valence electrons. The summed E-state index contributed by atoms with van der Waals surface area (Å²) in [5.41, 5.74) is 2.25. The lowest BCUT2D eigenvalue weighted by Crippen LogP contribution is -2.52. The summed E-state index contributed by atoms with van der Waals surface area (Å²) < 4.78 is 0. The van der Waals surface area contributed by atoms with E-state index in [1.54, 1.807) is 0 Å². The smallest absolute Gasteiger partial charge is 0.171 e. The molecule has 0 amide bonds. The highest BCUT2D eigenvalue weighted by Gasteiger charge is 2.28. The maximum atomic E-state index is 5.95. The van der Waals surface area contributed by atoms with Gasteiger partial charge >= 0.3 is 0 Å². The molecule has 0 unspecified atom stereocenters. The Bertz CT molecular complexity index is 730. The molecular formula is C21H27ClN4S. The highest BCUT2D eigenvalue weighted by Crippen LogP contribution is 2.25. The highest BCUT2D eigenvalue weighted by atomic mass is 35.5. The predicted molar refractivity (Wildman–Crippen MR) is 119 cm³/mol. The van der Waals surface area contributed by atoms with Gasteiger partial charge in [-0.15, -0.1) is 0 Å². The first-order chi connectivity index (χ1) is 13.0. The van der Waals surface area contributed by atoms with Crippen LogP contribution in [0.5, 0.6) is 0 Å². The summed E-state index contributed by atoms with van der Waals surface area (Å²) in [7, 11) is 2.18. The number of likely N-dealkylation sites (N-methyl/N-ethyl adjacent to an activating group) is 1. The molecule has 0 spiro atoms. The normalized spacial score (nSPS) is 17.9. The van der Waals surface area contributed by atoms with Crippen LogP contribution in [0.3, 0.4) is 0 Å². The lowest BCUT2D eigenvalue weighted by molar-refractivity contribution is 0.0973. The molecule has 1 aliphatic heterocycles. The molecule has 1 fully saturated rings. The molecule has 2 aromatic rings. The molecule has 27 heavy (non-hydrogen) atoms. The van der Waals surface area contributed by atoms with E-state index < -0.39 is 0 Å². The summed E-state index contributed by atoms with van der Waals surface area (Å²) in [6.07, 6.45) is 0. The van der Waals surface area contributed by atoms with Gasteiger partial charge in [0.1, 0.15) is 0 Å². The number of rotatable bonds is 5. The molecule has 6 heteroatoms. The average molecular weight is 403 g/mol. The van der Waals surface area contributed by atoms with Crippen molar-refractivity contribution >= 4 is 34.6 Å². The fourth-order valence-electron chi connectivity index (χ4n) is 3.55. The minimum atomic E-state index is 0.170. The van der Waals surface area contributed by atoms with E-state index in [-0.39, 0.29) is 12.1 Å². The highest BCUT2D eigenvalue weighted by molar-refractivity contribution is 7.80. The van der Waals surface area contributed by atoms with Gasteiger partial charge in [0.2, 0.25) is 0 Å². The molecule has 0 aliphatic carbocycles. The maximum absolute atomic E-state index is 5.95. The molecular weight excluding hydrogens is 376 g/mol. The number of thiocarbonyl (C=S) groups is 1. The fourth-order valence-corrected chi connectivity index (χ4v) is 3.98. The molecule has 0 radical (unpaired) electrons. The molecule has 0 saturated carbocycles. The van der Waals surface area contributed by atoms with Crippen molar-refractivity contribution in [2.75, 3.05) is 38.5 Å². The van der Waals surface area contributed by atoms with Crippen molar-refractivity contribution in [3.8, 4) is 0 Å². The lowest BCUT2D eigenvalue weighted by atomic mass is 9.98. The second-order valence-electron chi connectivity index (χ2n) is 7.09. The largest absolute Gasteiger partial charge is 0.358 e. The van der Waals surface area contributed by atoms with Gasteiger partial charge in [0.15, 0.2) is 5.11 Å². The molecule has 4 nitrogen and oxygen atoms in total. The first-order valence-electron chi connectivity index (χ1n) is 9.33. The number of piperazine rings is 1. The van der Waals surface area contributed by atoms with Crippen LogP contribution in [-0.4, -0.2) is 54.2 Å². The van der Waals surface area contributed by atoms with Gasteiger partial charge < -0.3 is 15.5 Å². The molecule has 1 aliphatic rings. The SMILES string of the molecule is C[C@@H](NC(=S)Nc1ccc(Cl)cc1)[C@H](c1ccccc1)N1CCN(C)CC1. The van der Waals surface area contributed by atoms with Crippen LogP contribution >= 0.6 is 23.8 Å². The Balaban J connectivity index is 1.69. The maximum Gasteiger partial charge on any atom is 0.171 e. The van der Waals surface area contributed by atoms with Crippen molar-refractivity contribution in [1.29, 1.82) is 0 Å². The van der Waals surface area contributed by atoms with Gasteiger partial charge in [-0.1, -0.05) is 41.9 Å². The Labute approximate surface area is 172 Å². The molecule has 2 atom stereocenters. The number of hydrogen-bond acceptors (Lipinski definition) is 3. The van der Waals surface area contributed by atoms with Crippen LogP contribution in [0, 0.1) is 0 Å². The Morgan fingerprint density at radius 3 is 2.26 bits per heavy atom. The van der Waals surface area contributed by atoms with Crippen LogP contribution in [-0.2, 0) is 0 Å². The number of benzene rings is 2. The standard InChI is InChI=1S/C21H27ClN4S/c1-16(23-21(27)24-19-10-8-18(22)9-11-19)20(17-6-4-3-5-7-17)26-14-12-25(2)13-15-26/h3-11,16,20H,12-15H2,1-2H3,(H2,23,24,27)/t16-,20-/m1/s1. The molecule has 0 aromatic heterocycles. The molecule has 0 bridgehead atoms. The first kappa shape index (κ1) is 20.1. The summed E-state index contributed by atoms with van der Waals surface area (Å²) in [4.78, 5) is 4.93. The van der Waals surface area contributed by atoms with Gasteiger partial charge in [0.05, 0.1) is 6.04 Å². The van der Waals surface area contributed by atoms with Crippen LogP contribution in [0.25, 0.3) is 0 Å². The number of anilines is 1. The summed E-state index contributed by atoms with van der Waals surface area (Å²) in [6.45, 7) is 6.48. The van der Waals surface area contributed by atoms with E-state index in [0.717, 1.165) is 31.9 Å². The zero-order chi connectivity index (χ0) is 19.2. The fraction of sp³-hybridized carbons (Fsp3) is 0.381. The van der Waals surface area contributed by atoms with E-state index in [9.17, 15) is 0 Å². The van der Waals surface area contributed by atoms with Crippen LogP contribution in [0.1, 0.15) is 18.5 Å². The van der Waals surface area contributed by atoms with Gasteiger partial charge in [-0.05, 0) is 56.0 Å². The van der Waals surface area contributed by atoms with E-state index in [0.29, 0.717) is 10.1 Å². The Morgan fingerprint density at radius 1 is 1.00 bits per heavy atom. The van der Waals surface area contributed by atoms with Crippen LogP contribution in [0.4, 0.5) is 5.69 Å². The predicted octanol–water partition coefficient (Wildman–Crippen LogP) is 4.00. The molecule has 1 saturated heterocycles. The molecule has 2 N–H and O–H groups in total. The third-order valence-electron chi connectivity index (χ3n) is 5.01. The second-order valence-corrected chi connectivity index (χ2v) is 7.93. The summed E-state index contributed by atoms with van der Waals surface area (Å²) >= 11 is 11.5. The van der Waals surface area contributed by atoms with Gasteiger partial charge in [-0.25, -0.2) is 0 Å². The zero-order valence-electron chi connectivity index (χ0n) is 15.9. The second kappa shape index (κ2) is 9.51. The zero-order valence-corrected chi connectivity index (χ0v) is 17.4. The average Bonchev–Trinajstić information content (AvgIpc) is 2.66. The number of halogens is 1. The van der Waals surface area contributed by atoms with E-state index in [4.69, 9.17) is 23.8 Å². The third-order valence-corrected chi connectivity index (χ3v) is 5.48. The van der Waals surface area contributed by atoms with Crippen LogP contribution < -0.4 is 10.6 Å². The van der Waals surface area contributed by atoms with E-state index in [1.807, 2.05) is 24.3 Å². The van der Waals surface area contributed by atoms with Crippen molar-refractivity contribution in [1.82, 2.24) is 15.1 Å². The minimum absolute atomic E-state index is 0.170. The summed E-state index contributed by atoms with van der Waals surface area (Å²) in [5, 5.41) is 8.07. The summed E-state index contributed by atoms with van der Waals surface area (Å²) in [5.74, 6) is 0. The van der Waals surface area contributed by atoms with Crippen molar-refractivity contribution in [3.63, 3.8) is 0 Å². The third kappa shape index (κ3) is 5.66. The Kier molecular flexibility index (Phi) is 7.07. The molecule has 3 rings (SSSR count). The van der Waals surface area contributed by atoms with Gasteiger partial charge in [-0.2, -0.15) is 0 Å². The van der Waals surface area contributed by atoms with Gasteiger partial charge in [-0.3, -0.25) is 4.90 Å². The Morgan fingerprint density at radius 2 is 1.63 bits per heavy atom. The van der Waals surface area contributed by atoms with E-state index in [2.05, 4.69) is 64.7 Å². The molecule has 2 aromatic carbocycles. The Hall–Kier alpha value is -1.66. The van der Waals surface area contributed by atoms with Gasteiger partial charge in [0.25, 0.3) is 0 Å². The first-order valence-corrected chi connectivity index (χ1v) is 10.1. The van der Waals surface area contributed by atoms with Crippen molar-refractivity contribution in [3.05, 3.63) is 65.2 Å². The van der Waals surface area contributed by atoms with Crippen molar-refractivity contribution in [2.24, 2.45) is 0 Å². The van der Waals surface area contributed by atoms with Crippen LogP contribution in [0.2, 0.25) is 5.02 Å². The quantitative estimate of drug-likeness (QED) is 0.738. The number of nitrogens with one attached hydrogen (secondary N) is 2. The van der Waals surface area contributed by atoms with Gasteiger partial charge in [0, 0.05) is 42.9 Å². The topological polar surface area (TPSA) is 30.5 Å². The van der Waals surface area contributed by atoms with E-state index >= 15 is 0 Å². The monoisotopic (exact) mass is 402 g/mol. The van der Waals surface area contributed by atoms with E-state index in [1.165, 1.54) is 5.56 Å². The van der Waals surface area contributed by atoms with Crippen molar-refractivity contribution in [2.45, 2.75) is 19.0 Å². The van der Waals surface area contributed by atoms with Crippen LogP contribution in [0.15, 0.2) is 54.6 Å². The number of hydrogen-bond donors (Lipinski definition) is 2. The lowest BCUT2D eigenvalue weighted by Gasteiger charge is -2.41. The minimum Gasteiger partial charge on any atom is -0.358 e. The number of nitrogens with zero attached hydrogens (tertiary/aromatic N) is 2. The van der Waals surface area contributed by atoms with Crippen molar-refractivity contribution < 1.29 is 0 Å². The summed E-state index contributed by atoms with van der Waals surface area (Å²) in [6, 6.07) is 18.7. The molecule has 1 heterocycles.